The van der Waals surface area contributed by atoms with Gasteiger partial charge in [0.15, 0.2) is 5.96 Å². The van der Waals surface area contributed by atoms with Crippen molar-refractivity contribution in [2.75, 3.05) is 24.5 Å². The number of anilines is 1. The fourth-order valence-corrected chi connectivity index (χ4v) is 3.51. The van der Waals surface area contributed by atoms with Crippen LogP contribution in [0.3, 0.4) is 0 Å². The average Bonchev–Trinajstić information content (AvgIpc) is 3.16. The lowest BCUT2D eigenvalue weighted by atomic mass is 10.1. The first-order chi connectivity index (χ1) is 13.6. The van der Waals surface area contributed by atoms with Crippen LogP contribution in [0.25, 0.3) is 0 Å². The standard InChI is InChI=1S/C20H30FN7/c1-4-22-20(26-16-8-10-19-24-14-25-28(19)13-16)23-12-15-7-9-18(17(21)11-15)27(5-2)6-3/h7,9,11,14,16H,4-6,8,10,12-13H2,1-3H3,(H2,22,23,26). The van der Waals surface area contributed by atoms with E-state index in [9.17, 15) is 4.39 Å². The number of benzene rings is 1. The van der Waals surface area contributed by atoms with Gasteiger partial charge in [0.2, 0.25) is 0 Å². The average molecular weight is 388 g/mol. The quantitative estimate of drug-likeness (QED) is 0.564. The van der Waals surface area contributed by atoms with Gasteiger partial charge in [0.25, 0.3) is 0 Å². The number of hydrogen-bond acceptors (Lipinski definition) is 4. The maximum Gasteiger partial charge on any atom is 0.191 e. The third-order valence-corrected chi connectivity index (χ3v) is 5.03. The van der Waals surface area contributed by atoms with Crippen LogP contribution in [0.2, 0.25) is 0 Å². The molecule has 1 unspecified atom stereocenters. The number of nitrogens with one attached hydrogen (secondary N) is 2. The van der Waals surface area contributed by atoms with Crippen LogP contribution in [0.5, 0.6) is 0 Å². The molecular formula is C20H30FN7. The van der Waals surface area contributed by atoms with Crippen molar-refractivity contribution in [2.45, 2.75) is 52.7 Å². The van der Waals surface area contributed by atoms with E-state index in [1.54, 1.807) is 12.4 Å². The molecule has 1 aromatic carbocycles. The first-order valence-corrected chi connectivity index (χ1v) is 10.1. The van der Waals surface area contributed by atoms with E-state index in [0.29, 0.717) is 12.2 Å². The predicted molar refractivity (Wildman–Crippen MR) is 110 cm³/mol. The van der Waals surface area contributed by atoms with Gasteiger partial charge in [-0.1, -0.05) is 6.07 Å². The SMILES string of the molecule is CCNC(=NCc1ccc(N(CC)CC)c(F)c1)NC1CCc2ncnn2C1. The number of nitrogens with zero attached hydrogens (tertiary/aromatic N) is 5. The van der Waals surface area contributed by atoms with E-state index >= 15 is 0 Å². The van der Waals surface area contributed by atoms with E-state index in [2.05, 4.69) is 25.7 Å². The van der Waals surface area contributed by atoms with Gasteiger partial charge in [-0.2, -0.15) is 5.10 Å². The molecule has 0 radical (unpaired) electrons. The van der Waals surface area contributed by atoms with E-state index < -0.39 is 0 Å². The predicted octanol–water partition coefficient (Wildman–Crippen LogP) is 2.33. The first kappa shape index (κ1) is 20.1. The lowest BCUT2D eigenvalue weighted by Crippen LogP contribution is -2.47. The molecule has 1 aromatic heterocycles. The van der Waals surface area contributed by atoms with Crippen LogP contribution in [-0.4, -0.2) is 46.4 Å². The molecule has 0 spiro atoms. The van der Waals surface area contributed by atoms with E-state index in [1.165, 1.54) is 0 Å². The number of aryl methyl sites for hydroxylation is 1. The molecule has 1 aliphatic heterocycles. The molecule has 3 rings (SSSR count). The Hall–Kier alpha value is -2.64. The third-order valence-electron chi connectivity index (χ3n) is 5.03. The third kappa shape index (κ3) is 4.79. The van der Waals surface area contributed by atoms with Crippen LogP contribution >= 0.6 is 0 Å². The van der Waals surface area contributed by atoms with Crippen LogP contribution in [0.1, 0.15) is 38.6 Å². The van der Waals surface area contributed by atoms with Crippen molar-refractivity contribution in [2.24, 2.45) is 4.99 Å². The minimum Gasteiger partial charge on any atom is -0.370 e. The highest BCUT2D eigenvalue weighted by molar-refractivity contribution is 5.80. The number of rotatable bonds is 7. The Labute approximate surface area is 166 Å². The molecular weight excluding hydrogens is 357 g/mol. The Morgan fingerprint density at radius 2 is 2.14 bits per heavy atom. The van der Waals surface area contributed by atoms with Gasteiger partial charge < -0.3 is 15.5 Å². The summed E-state index contributed by atoms with van der Waals surface area (Å²) in [6.45, 7) is 9.63. The molecule has 7 nitrogen and oxygen atoms in total. The highest BCUT2D eigenvalue weighted by atomic mass is 19.1. The summed E-state index contributed by atoms with van der Waals surface area (Å²) in [5.74, 6) is 1.58. The molecule has 0 saturated heterocycles. The van der Waals surface area contributed by atoms with E-state index in [0.717, 1.165) is 56.4 Å². The molecule has 0 aliphatic carbocycles. The van der Waals surface area contributed by atoms with E-state index in [1.807, 2.05) is 42.5 Å². The zero-order valence-corrected chi connectivity index (χ0v) is 17.0. The normalized spacial score (nSPS) is 16.6. The second-order valence-electron chi connectivity index (χ2n) is 6.89. The minimum absolute atomic E-state index is 0.194. The molecule has 2 N–H and O–H groups in total. The van der Waals surface area contributed by atoms with Crippen molar-refractivity contribution in [1.29, 1.82) is 0 Å². The fraction of sp³-hybridized carbons (Fsp3) is 0.550. The number of halogens is 1. The molecule has 0 amide bonds. The van der Waals surface area contributed by atoms with Gasteiger partial charge in [0.05, 0.1) is 18.8 Å². The van der Waals surface area contributed by atoms with Crippen LogP contribution in [0.15, 0.2) is 29.5 Å². The molecule has 1 atom stereocenters. The highest BCUT2D eigenvalue weighted by Gasteiger charge is 2.20. The molecule has 8 heteroatoms. The number of hydrogen-bond donors (Lipinski definition) is 2. The summed E-state index contributed by atoms with van der Waals surface area (Å²) in [5, 5.41) is 11.0. The zero-order valence-electron chi connectivity index (χ0n) is 17.0. The molecule has 1 aliphatic rings. The number of aromatic nitrogens is 3. The smallest absolute Gasteiger partial charge is 0.191 e. The number of fused-ring (bicyclic) bond motifs is 1. The van der Waals surface area contributed by atoms with Gasteiger partial charge in [-0.05, 0) is 44.9 Å². The summed E-state index contributed by atoms with van der Waals surface area (Å²) in [6, 6.07) is 5.63. The Balaban J connectivity index is 1.65. The fourth-order valence-electron chi connectivity index (χ4n) is 3.51. The second kappa shape index (κ2) is 9.52. The van der Waals surface area contributed by atoms with Crippen molar-refractivity contribution < 1.29 is 4.39 Å². The summed E-state index contributed by atoms with van der Waals surface area (Å²) in [6.07, 6.45) is 3.48. The van der Waals surface area contributed by atoms with Gasteiger partial charge in [0.1, 0.15) is 18.0 Å². The van der Waals surface area contributed by atoms with Gasteiger partial charge in [-0.3, -0.25) is 0 Å². The maximum absolute atomic E-state index is 14.5. The van der Waals surface area contributed by atoms with E-state index in [4.69, 9.17) is 0 Å². The Bertz CT molecular complexity index is 798. The summed E-state index contributed by atoms with van der Waals surface area (Å²) in [7, 11) is 0. The van der Waals surface area contributed by atoms with Gasteiger partial charge in [0, 0.05) is 32.1 Å². The molecule has 28 heavy (non-hydrogen) atoms. The summed E-state index contributed by atoms with van der Waals surface area (Å²) in [5.41, 5.74) is 1.50. The minimum atomic E-state index is -0.194. The zero-order chi connectivity index (χ0) is 19.9. The molecule has 0 fully saturated rings. The second-order valence-corrected chi connectivity index (χ2v) is 6.89. The lowest BCUT2D eigenvalue weighted by molar-refractivity contribution is 0.392. The van der Waals surface area contributed by atoms with Crippen LogP contribution in [-0.2, 0) is 19.5 Å². The van der Waals surface area contributed by atoms with Crippen LogP contribution in [0, 0.1) is 5.82 Å². The Kier molecular flexibility index (Phi) is 6.84. The first-order valence-electron chi connectivity index (χ1n) is 10.1. The number of guanidine groups is 1. The van der Waals surface area contributed by atoms with Gasteiger partial charge in [-0.15, -0.1) is 0 Å². The number of aliphatic imine (C=N–C) groups is 1. The van der Waals surface area contributed by atoms with Gasteiger partial charge >= 0.3 is 0 Å². The largest absolute Gasteiger partial charge is 0.370 e. The van der Waals surface area contributed by atoms with Crippen LogP contribution < -0.4 is 15.5 Å². The molecule has 0 saturated carbocycles. The van der Waals surface area contributed by atoms with Crippen molar-refractivity contribution in [3.63, 3.8) is 0 Å². The van der Waals surface area contributed by atoms with Crippen molar-refractivity contribution >= 4 is 11.6 Å². The Morgan fingerprint density at radius 3 is 2.86 bits per heavy atom. The molecule has 152 valence electrons. The maximum atomic E-state index is 14.5. The topological polar surface area (TPSA) is 70.4 Å². The molecule has 0 bridgehead atoms. The highest BCUT2D eigenvalue weighted by Crippen LogP contribution is 2.20. The van der Waals surface area contributed by atoms with E-state index in [-0.39, 0.29) is 11.9 Å². The van der Waals surface area contributed by atoms with Crippen molar-refractivity contribution in [3.05, 3.63) is 41.7 Å². The van der Waals surface area contributed by atoms with Crippen molar-refractivity contribution in [3.8, 4) is 0 Å². The monoisotopic (exact) mass is 387 g/mol. The van der Waals surface area contributed by atoms with Crippen LogP contribution in [0.4, 0.5) is 10.1 Å². The summed E-state index contributed by atoms with van der Waals surface area (Å²) in [4.78, 5) is 10.9. The lowest BCUT2D eigenvalue weighted by Gasteiger charge is -2.25. The Morgan fingerprint density at radius 1 is 1.32 bits per heavy atom. The summed E-state index contributed by atoms with van der Waals surface area (Å²) < 4.78 is 16.4. The summed E-state index contributed by atoms with van der Waals surface area (Å²) >= 11 is 0. The van der Waals surface area contributed by atoms with Gasteiger partial charge in [-0.25, -0.2) is 19.0 Å². The molecule has 2 heterocycles. The molecule has 2 aromatic rings. The van der Waals surface area contributed by atoms with Crippen molar-refractivity contribution in [1.82, 2.24) is 25.4 Å².